The number of carbonyl (C=O) groups is 1. The summed E-state index contributed by atoms with van der Waals surface area (Å²) in [5.74, 6) is 0.0733. The maximum Gasteiger partial charge on any atom is 0.317 e. The molecule has 2 aromatic rings. The van der Waals surface area contributed by atoms with Crippen LogP contribution >= 0.6 is 0 Å². The number of benzene rings is 1. The van der Waals surface area contributed by atoms with E-state index in [1.807, 2.05) is 38.1 Å². The molecule has 20 heavy (non-hydrogen) atoms. The smallest absolute Gasteiger partial charge is 0.317 e. The van der Waals surface area contributed by atoms with Crippen molar-refractivity contribution >= 4 is 5.97 Å². The van der Waals surface area contributed by atoms with Gasteiger partial charge in [0, 0.05) is 5.56 Å². The molecule has 0 atom stereocenters. The first kappa shape index (κ1) is 14.2. The second kappa shape index (κ2) is 6.29. The number of rotatable bonds is 6. The van der Waals surface area contributed by atoms with Crippen LogP contribution in [0.5, 0.6) is 0 Å². The van der Waals surface area contributed by atoms with E-state index in [0.717, 1.165) is 11.1 Å². The number of hydrogen-bond acceptors (Lipinski definition) is 5. The number of aliphatic carboxylic acids is 1. The molecule has 0 fully saturated rings. The van der Waals surface area contributed by atoms with Crippen molar-refractivity contribution in [3.63, 3.8) is 0 Å². The van der Waals surface area contributed by atoms with Gasteiger partial charge >= 0.3 is 5.97 Å². The van der Waals surface area contributed by atoms with Crippen LogP contribution in [-0.4, -0.2) is 39.2 Å². The molecule has 1 heterocycles. The summed E-state index contributed by atoms with van der Waals surface area (Å²) in [5.41, 5.74) is 2.02. The highest BCUT2D eigenvalue weighted by Gasteiger charge is 2.13. The fraction of sp³-hybridized carbons (Fsp3) is 0.357. The van der Waals surface area contributed by atoms with Gasteiger partial charge in [-0.25, -0.2) is 0 Å². The van der Waals surface area contributed by atoms with E-state index in [9.17, 15) is 4.79 Å². The van der Waals surface area contributed by atoms with Gasteiger partial charge in [0.15, 0.2) is 5.82 Å². The van der Waals surface area contributed by atoms with Crippen LogP contribution < -0.4 is 0 Å². The molecule has 0 aliphatic heterocycles. The molecule has 0 amide bonds. The lowest BCUT2D eigenvalue weighted by molar-refractivity contribution is -0.138. The van der Waals surface area contributed by atoms with Gasteiger partial charge in [-0.3, -0.25) is 9.69 Å². The number of hydrogen-bond donors (Lipinski definition) is 1. The molecule has 6 nitrogen and oxygen atoms in total. The zero-order valence-corrected chi connectivity index (χ0v) is 11.5. The van der Waals surface area contributed by atoms with Crippen LogP contribution in [0.4, 0.5) is 0 Å². The summed E-state index contributed by atoms with van der Waals surface area (Å²) in [6.07, 6.45) is 0. The molecule has 106 valence electrons. The van der Waals surface area contributed by atoms with Crippen molar-refractivity contribution in [1.82, 2.24) is 15.0 Å². The van der Waals surface area contributed by atoms with Crippen molar-refractivity contribution in [3.8, 4) is 11.5 Å². The van der Waals surface area contributed by atoms with Crippen LogP contribution in [0.3, 0.4) is 0 Å². The lowest BCUT2D eigenvalue weighted by Gasteiger charge is -2.14. The topological polar surface area (TPSA) is 79.5 Å². The minimum Gasteiger partial charge on any atom is -0.480 e. The van der Waals surface area contributed by atoms with Gasteiger partial charge in [0.05, 0.1) is 13.1 Å². The van der Waals surface area contributed by atoms with E-state index in [2.05, 4.69) is 10.1 Å². The molecule has 1 aromatic carbocycles. The van der Waals surface area contributed by atoms with Gasteiger partial charge in [-0.2, -0.15) is 4.98 Å². The molecular weight excluding hydrogens is 258 g/mol. The van der Waals surface area contributed by atoms with Crippen molar-refractivity contribution in [2.45, 2.75) is 20.4 Å². The van der Waals surface area contributed by atoms with Crippen LogP contribution in [0.1, 0.15) is 18.3 Å². The Bertz CT molecular complexity index is 578. The molecule has 2 rings (SSSR count). The maximum atomic E-state index is 10.7. The second-order valence-corrected chi connectivity index (χ2v) is 4.58. The molecule has 0 bridgehead atoms. The Balaban J connectivity index is 2.08. The van der Waals surface area contributed by atoms with E-state index < -0.39 is 5.97 Å². The quantitative estimate of drug-likeness (QED) is 0.868. The van der Waals surface area contributed by atoms with Crippen LogP contribution in [-0.2, 0) is 11.3 Å². The third-order valence-electron chi connectivity index (χ3n) is 2.94. The van der Waals surface area contributed by atoms with E-state index >= 15 is 0 Å². The average molecular weight is 275 g/mol. The maximum absolute atomic E-state index is 10.7. The molecule has 0 saturated heterocycles. The minimum atomic E-state index is -0.867. The Morgan fingerprint density at radius 3 is 2.65 bits per heavy atom. The fourth-order valence-corrected chi connectivity index (χ4v) is 1.80. The monoisotopic (exact) mass is 275 g/mol. The first-order valence-corrected chi connectivity index (χ1v) is 6.42. The third kappa shape index (κ3) is 3.64. The molecule has 6 heteroatoms. The molecule has 1 N–H and O–H groups in total. The predicted octanol–water partition coefficient (Wildman–Crippen LogP) is 1.95. The second-order valence-electron chi connectivity index (χ2n) is 4.58. The molecule has 0 spiro atoms. The van der Waals surface area contributed by atoms with E-state index in [0.29, 0.717) is 24.8 Å². The van der Waals surface area contributed by atoms with E-state index in [-0.39, 0.29) is 6.54 Å². The largest absolute Gasteiger partial charge is 0.480 e. The molecular formula is C14H17N3O3. The fourth-order valence-electron chi connectivity index (χ4n) is 1.80. The highest BCUT2D eigenvalue weighted by Crippen LogP contribution is 2.17. The van der Waals surface area contributed by atoms with Gasteiger partial charge in [-0.15, -0.1) is 0 Å². The van der Waals surface area contributed by atoms with E-state index in [4.69, 9.17) is 9.63 Å². The number of carboxylic acid groups (broad SMARTS) is 1. The van der Waals surface area contributed by atoms with Crippen molar-refractivity contribution in [2.75, 3.05) is 13.1 Å². The number of carboxylic acids is 1. The molecule has 1 aromatic heterocycles. The zero-order chi connectivity index (χ0) is 14.5. The molecule has 0 saturated carbocycles. The highest BCUT2D eigenvalue weighted by molar-refractivity contribution is 5.69. The number of nitrogens with zero attached hydrogens (tertiary/aromatic N) is 3. The molecule has 0 unspecified atom stereocenters. The molecule has 0 radical (unpaired) electrons. The van der Waals surface area contributed by atoms with E-state index in [1.54, 1.807) is 4.90 Å². The molecule has 0 aliphatic carbocycles. The zero-order valence-electron chi connectivity index (χ0n) is 11.5. The Labute approximate surface area is 117 Å². The summed E-state index contributed by atoms with van der Waals surface area (Å²) in [4.78, 5) is 16.7. The van der Waals surface area contributed by atoms with Gasteiger partial charge in [0.1, 0.15) is 0 Å². The van der Waals surface area contributed by atoms with Crippen LogP contribution in [0.15, 0.2) is 28.8 Å². The van der Waals surface area contributed by atoms with Gasteiger partial charge in [-0.1, -0.05) is 29.8 Å². The first-order chi connectivity index (χ1) is 9.58. The van der Waals surface area contributed by atoms with E-state index in [1.165, 1.54) is 0 Å². The molecule has 0 aliphatic rings. The summed E-state index contributed by atoms with van der Waals surface area (Å²) in [7, 11) is 0. The first-order valence-electron chi connectivity index (χ1n) is 6.42. The van der Waals surface area contributed by atoms with Gasteiger partial charge < -0.3 is 9.63 Å². The SMILES string of the molecule is CCN(CC(=O)O)Cc1noc(-c2ccc(C)cc2)n1. The lowest BCUT2D eigenvalue weighted by Crippen LogP contribution is -2.29. The number of likely N-dealkylation sites (N-methyl/N-ethyl adjacent to an activating group) is 1. The Morgan fingerprint density at radius 1 is 1.35 bits per heavy atom. The van der Waals surface area contributed by atoms with Gasteiger partial charge in [-0.05, 0) is 25.6 Å². The van der Waals surface area contributed by atoms with Crippen molar-refractivity contribution < 1.29 is 14.4 Å². The van der Waals surface area contributed by atoms with Crippen molar-refractivity contribution in [2.24, 2.45) is 0 Å². The summed E-state index contributed by atoms with van der Waals surface area (Å²) in [6.45, 7) is 4.84. The third-order valence-corrected chi connectivity index (χ3v) is 2.94. The minimum absolute atomic E-state index is 0.0368. The van der Waals surface area contributed by atoms with Crippen LogP contribution in [0.2, 0.25) is 0 Å². The summed E-state index contributed by atoms with van der Waals surface area (Å²) < 4.78 is 5.21. The summed E-state index contributed by atoms with van der Waals surface area (Å²) in [6, 6.07) is 7.78. The van der Waals surface area contributed by atoms with Crippen molar-refractivity contribution in [3.05, 3.63) is 35.7 Å². The van der Waals surface area contributed by atoms with Crippen LogP contribution in [0.25, 0.3) is 11.5 Å². The Morgan fingerprint density at radius 2 is 2.05 bits per heavy atom. The number of aromatic nitrogens is 2. The predicted molar refractivity (Wildman–Crippen MR) is 73.1 cm³/mol. The Hall–Kier alpha value is -2.21. The van der Waals surface area contributed by atoms with Gasteiger partial charge in [0.25, 0.3) is 5.89 Å². The Kier molecular flexibility index (Phi) is 4.47. The highest BCUT2D eigenvalue weighted by atomic mass is 16.5. The normalized spacial score (nSPS) is 10.9. The van der Waals surface area contributed by atoms with Crippen molar-refractivity contribution in [1.29, 1.82) is 0 Å². The van der Waals surface area contributed by atoms with Gasteiger partial charge in [0.2, 0.25) is 0 Å². The number of aryl methyl sites for hydroxylation is 1. The summed E-state index contributed by atoms with van der Waals surface area (Å²) >= 11 is 0. The lowest BCUT2D eigenvalue weighted by atomic mass is 10.1. The summed E-state index contributed by atoms with van der Waals surface area (Å²) in [5, 5.41) is 12.7. The average Bonchev–Trinajstić information content (AvgIpc) is 2.87. The standard InChI is InChI=1S/C14H17N3O3/c1-3-17(9-13(18)19)8-12-15-14(20-16-12)11-6-4-10(2)5-7-11/h4-7H,3,8-9H2,1-2H3,(H,18,19). The van der Waals surface area contributed by atoms with Crippen LogP contribution in [0, 0.1) is 6.92 Å².